The lowest BCUT2D eigenvalue weighted by Crippen LogP contribution is -2.35. The molecule has 0 aromatic heterocycles. The molecule has 0 bridgehead atoms. The Kier molecular flexibility index (Phi) is 4.49. The molecule has 0 spiro atoms. The van der Waals surface area contributed by atoms with Crippen LogP contribution in [0.15, 0.2) is 12.2 Å². The van der Waals surface area contributed by atoms with Crippen LogP contribution in [0.25, 0.3) is 0 Å². The average molecular weight is 225 g/mol. The largest absolute Gasteiger partial charge is 0.327 e. The Balaban J connectivity index is 2.39. The second kappa shape index (κ2) is 5.65. The summed E-state index contributed by atoms with van der Waals surface area (Å²) < 4.78 is 0. The van der Waals surface area contributed by atoms with E-state index in [2.05, 4.69) is 18.8 Å². The molecule has 0 saturated carbocycles. The molecule has 0 aromatic carbocycles. The Morgan fingerprint density at radius 2 is 2.19 bits per heavy atom. The van der Waals surface area contributed by atoms with Crippen molar-refractivity contribution in [3.8, 4) is 0 Å². The molecule has 1 rings (SSSR count). The second-order valence-electron chi connectivity index (χ2n) is 4.05. The smallest absolute Gasteiger partial charge is 0.318 e. The van der Waals surface area contributed by atoms with Crippen LogP contribution in [0, 0.1) is 0 Å². The summed E-state index contributed by atoms with van der Waals surface area (Å²) in [4.78, 5) is 25.7. The van der Waals surface area contributed by atoms with Crippen LogP contribution in [0.5, 0.6) is 0 Å². The van der Waals surface area contributed by atoms with Gasteiger partial charge >= 0.3 is 6.03 Å². The molecule has 16 heavy (non-hydrogen) atoms. The minimum absolute atomic E-state index is 0.149. The Labute approximate surface area is 96.1 Å². The van der Waals surface area contributed by atoms with Gasteiger partial charge in [0.25, 0.3) is 5.91 Å². The first-order valence-electron chi connectivity index (χ1n) is 5.49. The SMILES string of the molecule is C=C(CNCCC)CN1C(=O)CN(C)C1=O. The standard InChI is InChI=1S/C11H19N3O2/c1-4-5-12-6-9(2)7-14-10(15)8-13(3)11(14)16/h12H,2,4-8H2,1,3H3. The van der Waals surface area contributed by atoms with Crippen LogP contribution in [0.4, 0.5) is 4.79 Å². The molecule has 90 valence electrons. The molecule has 1 saturated heterocycles. The van der Waals surface area contributed by atoms with E-state index in [-0.39, 0.29) is 18.5 Å². The molecule has 3 amide bonds. The van der Waals surface area contributed by atoms with Crippen molar-refractivity contribution in [3.05, 3.63) is 12.2 Å². The third kappa shape index (κ3) is 3.06. The molecule has 1 N–H and O–H groups in total. The van der Waals surface area contributed by atoms with Crippen molar-refractivity contribution in [2.24, 2.45) is 0 Å². The first kappa shape index (κ1) is 12.7. The molecule has 1 aliphatic rings. The number of hydrogen-bond acceptors (Lipinski definition) is 3. The van der Waals surface area contributed by atoms with E-state index >= 15 is 0 Å². The van der Waals surface area contributed by atoms with Crippen LogP contribution in [-0.2, 0) is 4.79 Å². The third-order valence-corrected chi connectivity index (χ3v) is 2.41. The van der Waals surface area contributed by atoms with Crippen molar-refractivity contribution in [3.63, 3.8) is 0 Å². The highest BCUT2D eigenvalue weighted by Gasteiger charge is 2.33. The lowest BCUT2D eigenvalue weighted by atomic mass is 10.2. The Bertz CT molecular complexity index is 302. The monoisotopic (exact) mass is 225 g/mol. The van der Waals surface area contributed by atoms with Crippen LogP contribution in [0.2, 0.25) is 0 Å². The quantitative estimate of drug-likeness (QED) is 0.405. The average Bonchev–Trinajstić information content (AvgIpc) is 2.46. The van der Waals surface area contributed by atoms with E-state index < -0.39 is 0 Å². The fourth-order valence-corrected chi connectivity index (χ4v) is 1.55. The van der Waals surface area contributed by atoms with Crippen LogP contribution >= 0.6 is 0 Å². The van der Waals surface area contributed by atoms with E-state index in [0.717, 1.165) is 18.5 Å². The highest BCUT2D eigenvalue weighted by atomic mass is 16.2. The molecule has 5 heteroatoms. The lowest BCUT2D eigenvalue weighted by Gasteiger charge is -2.15. The van der Waals surface area contributed by atoms with Gasteiger partial charge in [-0.15, -0.1) is 0 Å². The lowest BCUT2D eigenvalue weighted by molar-refractivity contribution is -0.125. The number of amides is 3. The van der Waals surface area contributed by atoms with Gasteiger partial charge in [-0.25, -0.2) is 4.79 Å². The summed E-state index contributed by atoms with van der Waals surface area (Å²) in [6, 6.07) is -0.235. The van der Waals surface area contributed by atoms with Crippen LogP contribution in [-0.4, -0.2) is 55.0 Å². The topological polar surface area (TPSA) is 52.7 Å². The van der Waals surface area contributed by atoms with E-state index in [1.54, 1.807) is 7.05 Å². The fourth-order valence-electron chi connectivity index (χ4n) is 1.55. The summed E-state index contributed by atoms with van der Waals surface area (Å²) >= 11 is 0. The Morgan fingerprint density at radius 1 is 1.50 bits per heavy atom. The van der Waals surface area contributed by atoms with Crippen molar-refractivity contribution in [2.75, 3.05) is 33.2 Å². The summed E-state index contributed by atoms with van der Waals surface area (Å²) in [5.74, 6) is -0.149. The van der Waals surface area contributed by atoms with Gasteiger partial charge in [-0.1, -0.05) is 13.5 Å². The van der Waals surface area contributed by atoms with Crippen molar-refractivity contribution < 1.29 is 9.59 Å². The normalized spacial score (nSPS) is 16.1. The van der Waals surface area contributed by atoms with Gasteiger partial charge in [0.15, 0.2) is 0 Å². The van der Waals surface area contributed by atoms with E-state index in [4.69, 9.17) is 0 Å². The van der Waals surface area contributed by atoms with Crippen molar-refractivity contribution in [1.29, 1.82) is 0 Å². The number of likely N-dealkylation sites (N-methyl/N-ethyl adjacent to an activating group) is 1. The highest BCUT2D eigenvalue weighted by Crippen LogP contribution is 2.09. The van der Waals surface area contributed by atoms with Gasteiger partial charge in [0.1, 0.15) is 6.54 Å². The van der Waals surface area contributed by atoms with Gasteiger partial charge < -0.3 is 10.2 Å². The maximum Gasteiger partial charge on any atom is 0.327 e. The summed E-state index contributed by atoms with van der Waals surface area (Å²) in [6.07, 6.45) is 1.05. The summed E-state index contributed by atoms with van der Waals surface area (Å²) in [5, 5.41) is 3.19. The van der Waals surface area contributed by atoms with Gasteiger partial charge in [0, 0.05) is 13.6 Å². The number of imide groups is 1. The minimum atomic E-state index is -0.235. The number of hydrogen-bond donors (Lipinski definition) is 1. The molecule has 1 fully saturated rings. The van der Waals surface area contributed by atoms with Gasteiger partial charge in [0.2, 0.25) is 0 Å². The van der Waals surface area contributed by atoms with E-state index in [1.807, 2.05) is 0 Å². The van der Waals surface area contributed by atoms with Crippen molar-refractivity contribution >= 4 is 11.9 Å². The zero-order chi connectivity index (χ0) is 12.1. The van der Waals surface area contributed by atoms with E-state index in [0.29, 0.717) is 13.1 Å². The Hall–Kier alpha value is -1.36. The third-order valence-electron chi connectivity index (χ3n) is 2.41. The predicted octanol–water partition coefficient (Wildman–Crippen LogP) is 0.436. The summed E-state index contributed by atoms with van der Waals surface area (Å²) in [7, 11) is 1.62. The molecule has 0 unspecified atom stereocenters. The van der Waals surface area contributed by atoms with E-state index in [1.165, 1.54) is 9.80 Å². The number of nitrogens with one attached hydrogen (secondary N) is 1. The molecule has 1 aliphatic heterocycles. The van der Waals surface area contributed by atoms with Crippen LogP contribution in [0.1, 0.15) is 13.3 Å². The van der Waals surface area contributed by atoms with Gasteiger partial charge in [-0.3, -0.25) is 9.69 Å². The zero-order valence-electron chi connectivity index (χ0n) is 9.95. The molecule has 0 aromatic rings. The van der Waals surface area contributed by atoms with Gasteiger partial charge in [0.05, 0.1) is 6.54 Å². The van der Waals surface area contributed by atoms with E-state index in [9.17, 15) is 9.59 Å². The maximum atomic E-state index is 11.6. The minimum Gasteiger partial charge on any atom is -0.318 e. The van der Waals surface area contributed by atoms with Crippen molar-refractivity contribution in [1.82, 2.24) is 15.1 Å². The highest BCUT2D eigenvalue weighted by molar-refractivity contribution is 6.02. The molecular formula is C11H19N3O2. The van der Waals surface area contributed by atoms with Crippen LogP contribution in [0.3, 0.4) is 0 Å². The predicted molar refractivity (Wildman–Crippen MR) is 62.0 cm³/mol. The van der Waals surface area contributed by atoms with Gasteiger partial charge in [-0.2, -0.15) is 0 Å². The van der Waals surface area contributed by atoms with Crippen molar-refractivity contribution in [2.45, 2.75) is 13.3 Å². The number of rotatable bonds is 6. The molecule has 0 atom stereocenters. The molecular weight excluding hydrogens is 206 g/mol. The molecule has 0 aliphatic carbocycles. The fraction of sp³-hybridized carbons (Fsp3) is 0.636. The number of carbonyl (C=O) groups is 2. The van der Waals surface area contributed by atoms with Gasteiger partial charge in [-0.05, 0) is 18.5 Å². The zero-order valence-corrected chi connectivity index (χ0v) is 9.95. The number of nitrogens with zero attached hydrogens (tertiary/aromatic N) is 2. The first-order chi connectivity index (χ1) is 7.56. The summed E-state index contributed by atoms with van der Waals surface area (Å²) in [5.41, 5.74) is 0.852. The van der Waals surface area contributed by atoms with Crippen LogP contribution < -0.4 is 5.32 Å². The first-order valence-corrected chi connectivity index (χ1v) is 5.49. The maximum absolute atomic E-state index is 11.6. The summed E-state index contributed by atoms with van der Waals surface area (Å²) in [6.45, 7) is 8.00. The Morgan fingerprint density at radius 3 is 2.69 bits per heavy atom. The molecule has 0 radical (unpaired) electrons. The number of carbonyl (C=O) groups excluding carboxylic acids is 2. The molecule has 1 heterocycles. The second-order valence-corrected chi connectivity index (χ2v) is 4.05. The molecule has 5 nitrogen and oxygen atoms in total. The number of urea groups is 1.